The molecule has 1 aliphatic heterocycles. The van der Waals surface area contributed by atoms with Crippen molar-refractivity contribution in [2.75, 3.05) is 27.2 Å². The summed E-state index contributed by atoms with van der Waals surface area (Å²) in [5.74, 6) is 1.84. The smallest absolute Gasteiger partial charge is 0.119 e. The number of nitrogens with zero attached hydrogens (tertiary/aromatic N) is 1. The maximum Gasteiger partial charge on any atom is 0.119 e. The molecule has 1 heterocycles. The third kappa shape index (κ3) is 2.27. The van der Waals surface area contributed by atoms with Crippen LogP contribution in [0.25, 0.3) is 0 Å². The Hall–Kier alpha value is -1.02. The van der Waals surface area contributed by atoms with Crippen LogP contribution in [-0.4, -0.2) is 32.1 Å². The zero-order valence-electron chi connectivity index (χ0n) is 12.2. The predicted octanol–water partition coefficient (Wildman–Crippen LogP) is 3.46. The van der Waals surface area contributed by atoms with E-state index in [2.05, 4.69) is 36.2 Å². The molecule has 0 amide bonds. The lowest BCUT2D eigenvalue weighted by Gasteiger charge is -2.50. The van der Waals surface area contributed by atoms with E-state index in [0.717, 1.165) is 11.7 Å². The SMILES string of the molecule is COc1cccc([C@@]23CCCC[C@H]2CN(C)CC3)c1. The zero-order chi connectivity index (χ0) is 13.3. The van der Waals surface area contributed by atoms with E-state index in [-0.39, 0.29) is 0 Å². The Morgan fingerprint density at radius 1 is 1.26 bits per heavy atom. The van der Waals surface area contributed by atoms with Crippen molar-refractivity contribution >= 4 is 0 Å². The van der Waals surface area contributed by atoms with Gasteiger partial charge in [0.05, 0.1) is 7.11 Å². The molecule has 1 saturated heterocycles. The molecule has 2 nitrogen and oxygen atoms in total. The first kappa shape index (κ1) is 13.0. The molecule has 19 heavy (non-hydrogen) atoms. The fourth-order valence-corrected chi connectivity index (χ4v) is 4.22. The number of methoxy groups -OCH3 is 1. The number of fused-ring (bicyclic) bond motifs is 1. The molecule has 1 aromatic rings. The van der Waals surface area contributed by atoms with Crippen LogP contribution in [0.5, 0.6) is 5.75 Å². The predicted molar refractivity (Wildman–Crippen MR) is 78.7 cm³/mol. The number of ether oxygens (including phenoxy) is 1. The fourth-order valence-electron chi connectivity index (χ4n) is 4.22. The van der Waals surface area contributed by atoms with Gasteiger partial charge in [0.1, 0.15) is 5.75 Å². The first-order valence-corrected chi connectivity index (χ1v) is 7.58. The van der Waals surface area contributed by atoms with Gasteiger partial charge in [-0.25, -0.2) is 0 Å². The van der Waals surface area contributed by atoms with E-state index in [1.807, 2.05) is 0 Å². The lowest BCUT2D eigenvalue weighted by molar-refractivity contribution is 0.0706. The normalized spacial score (nSPS) is 31.8. The van der Waals surface area contributed by atoms with Crippen molar-refractivity contribution in [3.05, 3.63) is 29.8 Å². The second kappa shape index (κ2) is 5.16. The summed E-state index contributed by atoms with van der Waals surface area (Å²) < 4.78 is 5.43. The maximum absolute atomic E-state index is 5.43. The molecular formula is C17H25NO. The Morgan fingerprint density at radius 2 is 2.16 bits per heavy atom. The Labute approximate surface area is 116 Å². The first-order chi connectivity index (χ1) is 9.24. The highest BCUT2D eigenvalue weighted by Crippen LogP contribution is 2.49. The minimum atomic E-state index is 0.416. The lowest BCUT2D eigenvalue weighted by Crippen LogP contribution is -2.50. The van der Waals surface area contributed by atoms with Gasteiger partial charge in [0.15, 0.2) is 0 Å². The van der Waals surface area contributed by atoms with Crippen molar-refractivity contribution in [1.82, 2.24) is 4.90 Å². The standard InChI is InChI=1S/C17H25NO/c1-18-11-10-17(9-4-3-6-15(17)13-18)14-7-5-8-16(12-14)19-2/h5,7-8,12,15H,3-4,6,9-11,13H2,1-2H3/t15-,17-/m0/s1. The molecule has 0 spiro atoms. The summed E-state index contributed by atoms with van der Waals surface area (Å²) in [6, 6.07) is 8.83. The number of hydrogen-bond donors (Lipinski definition) is 0. The molecule has 2 atom stereocenters. The molecule has 1 aromatic carbocycles. The van der Waals surface area contributed by atoms with Gasteiger partial charge < -0.3 is 9.64 Å². The molecule has 104 valence electrons. The zero-order valence-corrected chi connectivity index (χ0v) is 12.2. The number of hydrogen-bond acceptors (Lipinski definition) is 2. The van der Waals surface area contributed by atoms with Crippen molar-refractivity contribution in [2.24, 2.45) is 5.92 Å². The average molecular weight is 259 g/mol. The lowest BCUT2D eigenvalue weighted by atomic mass is 9.59. The second-order valence-electron chi connectivity index (χ2n) is 6.34. The van der Waals surface area contributed by atoms with Gasteiger partial charge in [0, 0.05) is 12.0 Å². The van der Waals surface area contributed by atoms with E-state index < -0.39 is 0 Å². The highest BCUT2D eigenvalue weighted by atomic mass is 16.5. The van der Waals surface area contributed by atoms with Gasteiger partial charge >= 0.3 is 0 Å². The molecule has 1 aliphatic carbocycles. The van der Waals surface area contributed by atoms with Gasteiger partial charge in [-0.15, -0.1) is 0 Å². The Balaban J connectivity index is 1.97. The van der Waals surface area contributed by atoms with Crippen molar-refractivity contribution in [2.45, 2.75) is 37.5 Å². The van der Waals surface area contributed by atoms with Gasteiger partial charge in [-0.2, -0.15) is 0 Å². The minimum Gasteiger partial charge on any atom is -0.497 e. The van der Waals surface area contributed by atoms with Crippen LogP contribution in [0, 0.1) is 5.92 Å². The van der Waals surface area contributed by atoms with Gasteiger partial charge in [-0.1, -0.05) is 25.0 Å². The van der Waals surface area contributed by atoms with Crippen LogP contribution < -0.4 is 4.74 Å². The molecule has 0 radical (unpaired) electrons. The molecule has 2 fully saturated rings. The number of piperidine rings is 1. The first-order valence-electron chi connectivity index (χ1n) is 7.58. The van der Waals surface area contributed by atoms with Gasteiger partial charge in [-0.3, -0.25) is 0 Å². The molecule has 0 bridgehead atoms. The number of rotatable bonds is 2. The fraction of sp³-hybridized carbons (Fsp3) is 0.647. The van der Waals surface area contributed by atoms with Crippen molar-refractivity contribution in [1.29, 1.82) is 0 Å². The molecule has 0 unspecified atom stereocenters. The summed E-state index contributed by atoms with van der Waals surface area (Å²) in [5.41, 5.74) is 1.93. The van der Waals surface area contributed by atoms with E-state index in [9.17, 15) is 0 Å². The van der Waals surface area contributed by atoms with E-state index in [1.54, 1.807) is 7.11 Å². The third-order valence-electron chi connectivity index (χ3n) is 5.32. The van der Waals surface area contributed by atoms with Gasteiger partial charge in [0.2, 0.25) is 0 Å². The summed E-state index contributed by atoms with van der Waals surface area (Å²) in [7, 11) is 4.04. The van der Waals surface area contributed by atoms with Crippen molar-refractivity contribution in [3.8, 4) is 5.75 Å². The number of likely N-dealkylation sites (tertiary alicyclic amines) is 1. The molecule has 1 saturated carbocycles. The van der Waals surface area contributed by atoms with E-state index in [4.69, 9.17) is 4.74 Å². The molecule has 0 aromatic heterocycles. The Bertz CT molecular complexity index is 445. The van der Waals surface area contributed by atoms with Crippen LogP contribution in [0.4, 0.5) is 0 Å². The second-order valence-corrected chi connectivity index (χ2v) is 6.34. The summed E-state index contributed by atoms with van der Waals surface area (Å²) in [6.07, 6.45) is 6.85. The summed E-state index contributed by atoms with van der Waals surface area (Å²) in [6.45, 7) is 2.49. The molecule has 2 heteroatoms. The minimum absolute atomic E-state index is 0.416. The van der Waals surface area contributed by atoms with Crippen LogP contribution in [0.15, 0.2) is 24.3 Å². The van der Waals surface area contributed by atoms with Gasteiger partial charge in [-0.05, 0) is 56.5 Å². The topological polar surface area (TPSA) is 12.5 Å². The monoisotopic (exact) mass is 259 g/mol. The quantitative estimate of drug-likeness (QED) is 0.806. The highest BCUT2D eigenvalue weighted by Gasteiger charge is 2.44. The maximum atomic E-state index is 5.43. The van der Waals surface area contributed by atoms with Crippen LogP contribution in [0.1, 0.15) is 37.7 Å². The largest absolute Gasteiger partial charge is 0.497 e. The summed E-state index contributed by atoms with van der Waals surface area (Å²) >= 11 is 0. The molecule has 3 rings (SSSR count). The third-order valence-corrected chi connectivity index (χ3v) is 5.32. The van der Waals surface area contributed by atoms with Crippen molar-refractivity contribution in [3.63, 3.8) is 0 Å². The Kier molecular flexibility index (Phi) is 3.53. The Morgan fingerprint density at radius 3 is 3.00 bits per heavy atom. The van der Waals surface area contributed by atoms with E-state index in [0.29, 0.717) is 5.41 Å². The molecule has 0 N–H and O–H groups in total. The number of benzene rings is 1. The summed E-state index contributed by atoms with van der Waals surface area (Å²) in [4.78, 5) is 2.51. The van der Waals surface area contributed by atoms with E-state index in [1.165, 1.54) is 50.8 Å². The average Bonchev–Trinajstić information content (AvgIpc) is 2.47. The van der Waals surface area contributed by atoms with Crippen LogP contribution in [0.3, 0.4) is 0 Å². The van der Waals surface area contributed by atoms with Crippen molar-refractivity contribution < 1.29 is 4.74 Å². The highest BCUT2D eigenvalue weighted by molar-refractivity contribution is 5.35. The molecule has 2 aliphatic rings. The molecular weight excluding hydrogens is 234 g/mol. The van der Waals surface area contributed by atoms with Gasteiger partial charge in [0.25, 0.3) is 0 Å². The van der Waals surface area contributed by atoms with Crippen LogP contribution >= 0.6 is 0 Å². The van der Waals surface area contributed by atoms with Crippen LogP contribution in [-0.2, 0) is 5.41 Å². The summed E-state index contributed by atoms with van der Waals surface area (Å²) in [5, 5.41) is 0. The van der Waals surface area contributed by atoms with E-state index >= 15 is 0 Å². The van der Waals surface area contributed by atoms with Crippen LogP contribution in [0.2, 0.25) is 0 Å².